The first-order valence-electron chi connectivity index (χ1n) is 5.77. The molecule has 98 valence electrons. The van der Waals surface area contributed by atoms with Gasteiger partial charge in [-0.2, -0.15) is 0 Å². The number of nitrogens with one attached hydrogen (secondary N) is 1. The van der Waals surface area contributed by atoms with Crippen molar-refractivity contribution in [2.24, 2.45) is 0 Å². The maximum atomic E-state index is 5.56. The Morgan fingerprint density at radius 1 is 1.59 bits per heavy atom. The molecule has 0 aliphatic rings. The van der Waals surface area contributed by atoms with Gasteiger partial charge in [-0.05, 0) is 26.8 Å². The van der Waals surface area contributed by atoms with E-state index in [0.29, 0.717) is 6.04 Å². The lowest BCUT2D eigenvalue weighted by Crippen LogP contribution is -2.50. The van der Waals surface area contributed by atoms with Gasteiger partial charge < -0.3 is 10.1 Å². The Kier molecular flexibility index (Phi) is 6.40. The van der Waals surface area contributed by atoms with E-state index >= 15 is 0 Å². The summed E-state index contributed by atoms with van der Waals surface area (Å²) in [5, 5.41) is 11.4. The van der Waals surface area contributed by atoms with Crippen molar-refractivity contribution in [3.8, 4) is 0 Å². The highest BCUT2D eigenvalue weighted by atomic mass is 32.2. The monoisotopic (exact) mass is 275 g/mol. The molecule has 0 fully saturated rings. The minimum atomic E-state index is -0.174. The van der Waals surface area contributed by atoms with Crippen LogP contribution in [0.2, 0.25) is 0 Å². The van der Waals surface area contributed by atoms with Crippen LogP contribution in [-0.2, 0) is 4.74 Å². The van der Waals surface area contributed by atoms with Crippen molar-refractivity contribution in [1.29, 1.82) is 0 Å². The van der Waals surface area contributed by atoms with Crippen LogP contribution in [0.5, 0.6) is 0 Å². The standard InChI is InChI=1S/C11H21N3OS2/c1-5-6-12-9(11(2,3)15-4)7-16-10-14-13-8-17-10/h8-9,12H,5-7H2,1-4H3. The third-order valence-electron chi connectivity index (χ3n) is 2.72. The van der Waals surface area contributed by atoms with Crippen molar-refractivity contribution in [2.45, 2.75) is 43.2 Å². The first-order valence-corrected chi connectivity index (χ1v) is 7.64. The van der Waals surface area contributed by atoms with Gasteiger partial charge in [0.05, 0.1) is 5.60 Å². The topological polar surface area (TPSA) is 47.0 Å². The van der Waals surface area contributed by atoms with Gasteiger partial charge in [-0.25, -0.2) is 0 Å². The SMILES string of the molecule is CCCNC(CSc1nncs1)C(C)(C)OC. The molecule has 1 aromatic heterocycles. The molecule has 1 atom stereocenters. The van der Waals surface area contributed by atoms with Gasteiger partial charge in [0.15, 0.2) is 4.34 Å². The van der Waals surface area contributed by atoms with Crippen LogP contribution in [-0.4, -0.2) is 41.2 Å². The van der Waals surface area contributed by atoms with Crippen molar-refractivity contribution < 1.29 is 4.74 Å². The van der Waals surface area contributed by atoms with Crippen molar-refractivity contribution in [3.63, 3.8) is 0 Å². The van der Waals surface area contributed by atoms with Crippen molar-refractivity contribution in [3.05, 3.63) is 5.51 Å². The molecule has 0 aliphatic carbocycles. The number of nitrogens with zero attached hydrogens (tertiary/aromatic N) is 2. The van der Waals surface area contributed by atoms with Crippen LogP contribution in [0.1, 0.15) is 27.2 Å². The largest absolute Gasteiger partial charge is 0.377 e. The van der Waals surface area contributed by atoms with Gasteiger partial charge in [0.1, 0.15) is 5.51 Å². The molecule has 0 spiro atoms. The number of hydrogen-bond donors (Lipinski definition) is 1. The van der Waals surface area contributed by atoms with Gasteiger partial charge >= 0.3 is 0 Å². The van der Waals surface area contributed by atoms with Gasteiger partial charge in [0, 0.05) is 18.9 Å². The van der Waals surface area contributed by atoms with E-state index in [1.54, 1.807) is 35.7 Å². The molecular formula is C11H21N3OS2. The van der Waals surface area contributed by atoms with Crippen LogP contribution in [0.15, 0.2) is 9.85 Å². The molecule has 0 saturated carbocycles. The lowest BCUT2D eigenvalue weighted by Gasteiger charge is -2.33. The van der Waals surface area contributed by atoms with Crippen LogP contribution in [0.3, 0.4) is 0 Å². The molecule has 1 rings (SSSR count). The Morgan fingerprint density at radius 3 is 2.88 bits per heavy atom. The summed E-state index contributed by atoms with van der Waals surface area (Å²) in [7, 11) is 1.76. The summed E-state index contributed by atoms with van der Waals surface area (Å²) in [6.45, 7) is 7.40. The quantitative estimate of drug-likeness (QED) is 0.738. The molecule has 0 bridgehead atoms. The predicted molar refractivity (Wildman–Crippen MR) is 73.8 cm³/mol. The van der Waals surface area contributed by atoms with Gasteiger partial charge in [-0.1, -0.05) is 30.0 Å². The summed E-state index contributed by atoms with van der Waals surface area (Å²) in [5.41, 5.74) is 1.59. The molecule has 1 unspecified atom stereocenters. The minimum absolute atomic E-state index is 0.174. The van der Waals surface area contributed by atoms with E-state index in [4.69, 9.17) is 4.74 Å². The molecule has 1 heterocycles. The molecule has 4 nitrogen and oxygen atoms in total. The van der Waals surface area contributed by atoms with E-state index in [1.807, 2.05) is 0 Å². The zero-order valence-electron chi connectivity index (χ0n) is 10.9. The third kappa shape index (κ3) is 4.91. The first kappa shape index (κ1) is 14.9. The van der Waals surface area contributed by atoms with Gasteiger partial charge in [-0.15, -0.1) is 10.2 Å². The van der Waals surface area contributed by atoms with E-state index < -0.39 is 0 Å². The Morgan fingerprint density at radius 2 is 2.35 bits per heavy atom. The number of aromatic nitrogens is 2. The lowest BCUT2D eigenvalue weighted by atomic mass is 10.0. The Hall–Kier alpha value is -0.170. The first-order chi connectivity index (χ1) is 8.10. The predicted octanol–water partition coefficient (Wildman–Crippen LogP) is 2.42. The van der Waals surface area contributed by atoms with E-state index in [0.717, 1.165) is 23.1 Å². The molecule has 0 aliphatic heterocycles. The molecule has 1 aromatic rings. The van der Waals surface area contributed by atoms with Gasteiger partial charge in [0.2, 0.25) is 0 Å². The van der Waals surface area contributed by atoms with Crippen molar-refractivity contribution >= 4 is 23.1 Å². The lowest BCUT2D eigenvalue weighted by molar-refractivity contribution is -0.00345. The summed E-state index contributed by atoms with van der Waals surface area (Å²) in [4.78, 5) is 0. The summed E-state index contributed by atoms with van der Waals surface area (Å²) in [5.74, 6) is 0.941. The van der Waals surface area contributed by atoms with E-state index in [2.05, 4.69) is 36.3 Å². The molecule has 1 N–H and O–H groups in total. The summed E-state index contributed by atoms with van der Waals surface area (Å²) < 4.78 is 6.57. The fourth-order valence-electron chi connectivity index (χ4n) is 1.35. The van der Waals surface area contributed by atoms with Crippen LogP contribution < -0.4 is 5.32 Å². The van der Waals surface area contributed by atoms with E-state index in [-0.39, 0.29) is 5.60 Å². The molecule has 0 radical (unpaired) electrons. The fourth-order valence-corrected chi connectivity index (χ4v) is 3.16. The highest BCUT2D eigenvalue weighted by Crippen LogP contribution is 2.24. The Bertz CT molecular complexity index is 304. The summed E-state index contributed by atoms with van der Waals surface area (Å²) >= 11 is 3.31. The van der Waals surface area contributed by atoms with Crippen molar-refractivity contribution in [2.75, 3.05) is 19.4 Å². The number of thioether (sulfide) groups is 1. The maximum Gasteiger partial charge on any atom is 0.174 e. The second kappa shape index (κ2) is 7.31. The number of ether oxygens (including phenoxy) is 1. The number of hydrogen-bond acceptors (Lipinski definition) is 6. The second-order valence-corrected chi connectivity index (χ2v) is 6.43. The van der Waals surface area contributed by atoms with Crippen LogP contribution in [0, 0.1) is 0 Å². The second-order valence-electron chi connectivity index (χ2n) is 4.33. The summed E-state index contributed by atoms with van der Waals surface area (Å²) in [6, 6.07) is 0.307. The fraction of sp³-hybridized carbons (Fsp3) is 0.818. The third-order valence-corrected chi connectivity index (χ3v) is 4.67. The molecule has 0 saturated heterocycles. The molecule has 6 heteroatoms. The highest BCUT2D eigenvalue weighted by Gasteiger charge is 2.28. The molecule has 0 aromatic carbocycles. The van der Waals surface area contributed by atoms with E-state index in [1.165, 1.54) is 0 Å². The molecule has 17 heavy (non-hydrogen) atoms. The van der Waals surface area contributed by atoms with Crippen LogP contribution in [0.4, 0.5) is 0 Å². The smallest absolute Gasteiger partial charge is 0.174 e. The van der Waals surface area contributed by atoms with Gasteiger partial charge in [-0.3, -0.25) is 0 Å². The zero-order valence-corrected chi connectivity index (χ0v) is 12.5. The average molecular weight is 275 g/mol. The van der Waals surface area contributed by atoms with E-state index in [9.17, 15) is 0 Å². The van der Waals surface area contributed by atoms with Crippen LogP contribution in [0.25, 0.3) is 0 Å². The Balaban J connectivity index is 2.51. The Labute approximate surface area is 112 Å². The molecule has 0 amide bonds. The van der Waals surface area contributed by atoms with Crippen molar-refractivity contribution in [1.82, 2.24) is 15.5 Å². The molecular weight excluding hydrogens is 254 g/mol. The maximum absolute atomic E-state index is 5.56. The summed E-state index contributed by atoms with van der Waals surface area (Å²) in [6.07, 6.45) is 1.12. The average Bonchev–Trinajstić information content (AvgIpc) is 2.82. The van der Waals surface area contributed by atoms with Crippen LogP contribution >= 0.6 is 23.1 Å². The number of methoxy groups -OCH3 is 1. The zero-order chi connectivity index (χ0) is 12.7. The number of rotatable bonds is 8. The highest BCUT2D eigenvalue weighted by molar-refractivity contribution is 8.01. The minimum Gasteiger partial charge on any atom is -0.377 e. The van der Waals surface area contributed by atoms with Gasteiger partial charge in [0.25, 0.3) is 0 Å². The normalized spacial score (nSPS) is 13.9.